The summed E-state index contributed by atoms with van der Waals surface area (Å²) < 4.78 is 1.97. The average Bonchev–Trinajstić information content (AvgIpc) is 2.98. The van der Waals surface area contributed by atoms with Crippen molar-refractivity contribution in [2.24, 2.45) is 0 Å². The summed E-state index contributed by atoms with van der Waals surface area (Å²) in [6.45, 7) is 2.30. The van der Waals surface area contributed by atoms with Crippen molar-refractivity contribution < 1.29 is 4.79 Å². The van der Waals surface area contributed by atoms with Crippen LogP contribution in [0.4, 0.5) is 5.82 Å². The maximum atomic E-state index is 13.1. The summed E-state index contributed by atoms with van der Waals surface area (Å²) in [6, 6.07) is 13.4. The Labute approximate surface area is 177 Å². The highest BCUT2D eigenvalue weighted by Gasteiger charge is 2.32. The lowest BCUT2D eigenvalue weighted by Gasteiger charge is -2.14. The molecule has 8 heteroatoms. The highest BCUT2D eigenvalue weighted by atomic mass is 32.2. The zero-order chi connectivity index (χ0) is 20.5. The summed E-state index contributed by atoms with van der Waals surface area (Å²) in [7, 11) is 1.70. The molecule has 146 valence electrons. The first-order valence-electron chi connectivity index (χ1n) is 8.98. The molecule has 1 amide bonds. The number of anilines is 1. The summed E-state index contributed by atoms with van der Waals surface area (Å²) in [5.41, 5.74) is 2.55. The molecule has 0 saturated carbocycles. The number of fused-ring (bicyclic) bond motifs is 1. The number of benzene rings is 1. The van der Waals surface area contributed by atoms with E-state index in [9.17, 15) is 9.59 Å². The van der Waals surface area contributed by atoms with Crippen LogP contribution in [0.3, 0.4) is 0 Å². The Morgan fingerprint density at radius 2 is 1.93 bits per heavy atom. The third-order valence-corrected chi connectivity index (χ3v) is 6.03. The smallest absolute Gasteiger partial charge is 0.267 e. The Balaban J connectivity index is 1.75. The molecule has 1 saturated heterocycles. The van der Waals surface area contributed by atoms with Crippen LogP contribution < -0.4 is 10.9 Å². The Kier molecular flexibility index (Phi) is 5.21. The molecular weight excluding hydrogens is 404 g/mol. The number of amides is 1. The van der Waals surface area contributed by atoms with Crippen LogP contribution in [0.15, 0.2) is 58.4 Å². The van der Waals surface area contributed by atoms with Crippen molar-refractivity contribution in [3.8, 4) is 0 Å². The van der Waals surface area contributed by atoms with Gasteiger partial charge in [0.15, 0.2) is 0 Å². The number of hydrogen-bond acceptors (Lipinski definition) is 6. The highest BCUT2D eigenvalue weighted by Crippen LogP contribution is 2.34. The third kappa shape index (κ3) is 3.56. The minimum atomic E-state index is -0.239. The van der Waals surface area contributed by atoms with E-state index in [4.69, 9.17) is 12.2 Å². The number of nitrogens with zero attached hydrogens (tertiary/aromatic N) is 3. The van der Waals surface area contributed by atoms with Gasteiger partial charge in [-0.25, -0.2) is 4.98 Å². The standard InChI is InChI=1S/C21H18N4O2S2/c1-13-7-6-10-24-18(13)23-17(22-2)15(19(24)26)11-16-20(27)25(21(28)29-16)12-14-8-4-3-5-9-14/h3-11,22H,12H2,1-2H3. The summed E-state index contributed by atoms with van der Waals surface area (Å²) in [6.07, 6.45) is 3.26. The van der Waals surface area contributed by atoms with E-state index in [1.165, 1.54) is 16.2 Å². The van der Waals surface area contributed by atoms with E-state index in [-0.39, 0.29) is 11.5 Å². The van der Waals surface area contributed by atoms with E-state index in [0.717, 1.165) is 11.1 Å². The highest BCUT2D eigenvalue weighted by molar-refractivity contribution is 8.26. The van der Waals surface area contributed by atoms with Gasteiger partial charge in [-0.2, -0.15) is 0 Å². The molecule has 1 aliphatic rings. The van der Waals surface area contributed by atoms with E-state index in [0.29, 0.717) is 32.8 Å². The lowest BCUT2D eigenvalue weighted by molar-refractivity contribution is -0.122. The van der Waals surface area contributed by atoms with Gasteiger partial charge in [-0.15, -0.1) is 0 Å². The normalized spacial score (nSPS) is 15.5. The Morgan fingerprint density at radius 1 is 1.17 bits per heavy atom. The van der Waals surface area contributed by atoms with Crippen molar-refractivity contribution >= 4 is 51.7 Å². The van der Waals surface area contributed by atoms with Gasteiger partial charge in [0, 0.05) is 13.2 Å². The molecule has 0 aliphatic carbocycles. The van der Waals surface area contributed by atoms with Crippen LogP contribution in [0.25, 0.3) is 11.7 Å². The van der Waals surface area contributed by atoms with Gasteiger partial charge in [0.05, 0.1) is 17.0 Å². The van der Waals surface area contributed by atoms with Crippen LogP contribution in [0.2, 0.25) is 0 Å². The van der Waals surface area contributed by atoms with Gasteiger partial charge in [-0.3, -0.25) is 18.9 Å². The van der Waals surface area contributed by atoms with Gasteiger partial charge < -0.3 is 5.32 Å². The number of carbonyl (C=O) groups is 1. The average molecular weight is 423 g/mol. The maximum absolute atomic E-state index is 13.1. The predicted molar refractivity (Wildman–Crippen MR) is 121 cm³/mol. The van der Waals surface area contributed by atoms with Crippen LogP contribution in [-0.2, 0) is 11.3 Å². The first-order valence-corrected chi connectivity index (χ1v) is 10.2. The molecule has 29 heavy (non-hydrogen) atoms. The molecule has 0 bridgehead atoms. The molecule has 0 spiro atoms. The van der Waals surface area contributed by atoms with Crippen LogP contribution in [0.1, 0.15) is 16.7 Å². The van der Waals surface area contributed by atoms with Gasteiger partial charge in [-0.05, 0) is 30.2 Å². The fourth-order valence-electron chi connectivity index (χ4n) is 3.17. The summed E-state index contributed by atoms with van der Waals surface area (Å²) >= 11 is 6.61. The molecule has 1 aromatic carbocycles. The summed E-state index contributed by atoms with van der Waals surface area (Å²) in [4.78, 5) is 32.6. The number of pyridine rings is 1. The number of thiocarbonyl (C=S) groups is 1. The van der Waals surface area contributed by atoms with Gasteiger partial charge in [0.2, 0.25) is 0 Å². The largest absolute Gasteiger partial charge is 0.372 e. The molecule has 0 unspecified atom stereocenters. The molecule has 0 radical (unpaired) electrons. The van der Waals surface area contributed by atoms with Gasteiger partial charge in [-0.1, -0.05) is 60.4 Å². The molecule has 6 nitrogen and oxygen atoms in total. The number of aryl methyl sites for hydroxylation is 1. The second kappa shape index (κ2) is 7.81. The first kappa shape index (κ1) is 19.4. The van der Waals surface area contributed by atoms with Crippen molar-refractivity contribution in [1.29, 1.82) is 0 Å². The van der Waals surface area contributed by atoms with E-state index >= 15 is 0 Å². The molecular formula is C21H18N4O2S2. The number of thioether (sulfide) groups is 1. The molecule has 3 aromatic rings. The number of rotatable bonds is 4. The van der Waals surface area contributed by atoms with Crippen molar-refractivity contribution in [3.63, 3.8) is 0 Å². The molecule has 1 N–H and O–H groups in total. The zero-order valence-electron chi connectivity index (χ0n) is 15.9. The fraction of sp³-hybridized carbons (Fsp3) is 0.143. The first-order chi connectivity index (χ1) is 14.0. The summed E-state index contributed by atoms with van der Waals surface area (Å²) in [5, 5.41) is 2.97. The Bertz CT molecular complexity index is 1220. The van der Waals surface area contributed by atoms with Gasteiger partial charge >= 0.3 is 0 Å². The zero-order valence-corrected chi connectivity index (χ0v) is 17.5. The van der Waals surface area contributed by atoms with E-state index in [2.05, 4.69) is 10.3 Å². The fourth-order valence-corrected chi connectivity index (χ4v) is 4.40. The van der Waals surface area contributed by atoms with Crippen molar-refractivity contribution in [3.05, 3.63) is 80.6 Å². The second-order valence-electron chi connectivity index (χ2n) is 6.57. The lowest BCUT2D eigenvalue weighted by atomic mass is 10.2. The topological polar surface area (TPSA) is 66.7 Å². The lowest BCUT2D eigenvalue weighted by Crippen LogP contribution is -2.27. The predicted octanol–water partition coefficient (Wildman–Crippen LogP) is 3.45. The van der Waals surface area contributed by atoms with E-state index < -0.39 is 0 Å². The minimum Gasteiger partial charge on any atom is -0.372 e. The molecule has 4 rings (SSSR count). The molecule has 1 aliphatic heterocycles. The molecule has 1 fully saturated rings. The number of aromatic nitrogens is 2. The van der Waals surface area contributed by atoms with Gasteiger partial charge in [0.25, 0.3) is 11.5 Å². The van der Waals surface area contributed by atoms with E-state index in [1.54, 1.807) is 30.3 Å². The molecule has 0 atom stereocenters. The Hall–Kier alpha value is -2.97. The number of nitrogens with one attached hydrogen (secondary N) is 1. The van der Waals surface area contributed by atoms with Crippen LogP contribution in [0.5, 0.6) is 0 Å². The van der Waals surface area contributed by atoms with E-state index in [1.807, 2.05) is 43.3 Å². The second-order valence-corrected chi connectivity index (χ2v) is 8.24. The molecule has 3 heterocycles. The monoisotopic (exact) mass is 422 g/mol. The van der Waals surface area contributed by atoms with Gasteiger partial charge in [0.1, 0.15) is 15.8 Å². The minimum absolute atomic E-state index is 0.209. The molecule has 2 aromatic heterocycles. The number of hydrogen-bond donors (Lipinski definition) is 1. The summed E-state index contributed by atoms with van der Waals surface area (Å²) in [5.74, 6) is 0.220. The third-order valence-electron chi connectivity index (χ3n) is 4.65. The van der Waals surface area contributed by atoms with Crippen LogP contribution >= 0.6 is 24.0 Å². The van der Waals surface area contributed by atoms with Crippen LogP contribution in [0, 0.1) is 6.92 Å². The maximum Gasteiger partial charge on any atom is 0.267 e. The van der Waals surface area contributed by atoms with Crippen LogP contribution in [-0.4, -0.2) is 31.6 Å². The Morgan fingerprint density at radius 3 is 2.66 bits per heavy atom. The van der Waals surface area contributed by atoms with Crippen molar-refractivity contribution in [1.82, 2.24) is 14.3 Å². The quantitative estimate of drug-likeness (QED) is 0.513. The number of carbonyl (C=O) groups excluding carboxylic acids is 1. The van der Waals surface area contributed by atoms with Crippen molar-refractivity contribution in [2.45, 2.75) is 13.5 Å². The van der Waals surface area contributed by atoms with Crippen molar-refractivity contribution in [2.75, 3.05) is 12.4 Å². The SMILES string of the molecule is CNc1nc2c(C)cccn2c(=O)c1C=C1SC(=S)N(Cc2ccccc2)C1=O.